The lowest BCUT2D eigenvalue weighted by Gasteiger charge is -2.32. The summed E-state index contributed by atoms with van der Waals surface area (Å²) in [6, 6.07) is 17.0. The molecular formula is C27H38ClN7OS2. The predicted molar refractivity (Wildman–Crippen MR) is 167 cm³/mol. The number of benzene rings is 2. The largest absolute Gasteiger partial charge is 0.364 e. The number of hydrogen-bond acceptors (Lipinski definition) is 6. The molecule has 1 atom stereocenters. The average Bonchev–Trinajstić information content (AvgIpc) is 2.86. The van der Waals surface area contributed by atoms with Gasteiger partial charge in [-0.25, -0.2) is 0 Å². The number of ether oxygens (including phenoxy) is 1. The van der Waals surface area contributed by atoms with Crippen LogP contribution in [0.25, 0.3) is 0 Å². The average molecular weight is 576 g/mol. The Balaban J connectivity index is 2.29. The quantitative estimate of drug-likeness (QED) is 0.115. The first-order valence-corrected chi connectivity index (χ1v) is 13.5. The fourth-order valence-electron chi connectivity index (χ4n) is 3.07. The minimum atomic E-state index is -0.690. The van der Waals surface area contributed by atoms with Crippen molar-refractivity contribution in [2.45, 2.75) is 52.3 Å². The third-order valence-corrected chi connectivity index (χ3v) is 6.63. The van der Waals surface area contributed by atoms with Crippen LogP contribution in [-0.2, 0) is 4.74 Å². The summed E-state index contributed by atoms with van der Waals surface area (Å²) in [4.78, 5) is 0. The zero-order valence-corrected chi connectivity index (χ0v) is 25.2. The van der Waals surface area contributed by atoms with Crippen LogP contribution in [0.1, 0.15) is 52.2 Å². The van der Waals surface area contributed by atoms with Crippen molar-refractivity contribution in [2.75, 3.05) is 13.7 Å². The molecule has 2 rings (SSSR count). The van der Waals surface area contributed by atoms with Crippen molar-refractivity contribution in [1.82, 2.24) is 21.5 Å². The van der Waals surface area contributed by atoms with Crippen molar-refractivity contribution in [1.29, 1.82) is 0 Å². The van der Waals surface area contributed by atoms with Gasteiger partial charge in [0.2, 0.25) is 0 Å². The molecule has 0 bridgehead atoms. The molecule has 0 fully saturated rings. The maximum absolute atomic E-state index is 6.23. The molecule has 11 heteroatoms. The normalized spacial score (nSPS) is 14.0. The Bertz CT molecular complexity index is 1130. The third-order valence-electron chi connectivity index (χ3n) is 5.89. The van der Waals surface area contributed by atoms with Gasteiger partial charge in [-0.2, -0.15) is 10.2 Å². The second-order valence-electron chi connectivity index (χ2n) is 9.87. The number of thiocarbonyl (C=S) groups is 2. The molecule has 0 saturated carbocycles. The highest BCUT2D eigenvalue weighted by atomic mass is 35.5. The van der Waals surface area contributed by atoms with Crippen LogP contribution in [0, 0.1) is 5.92 Å². The molecular weight excluding hydrogens is 538 g/mol. The lowest BCUT2D eigenvalue weighted by molar-refractivity contribution is -0.0649. The second kappa shape index (κ2) is 14.5. The fourth-order valence-corrected chi connectivity index (χ4v) is 3.57. The van der Waals surface area contributed by atoms with Crippen molar-refractivity contribution >= 4 is 57.7 Å². The molecule has 2 aromatic rings. The van der Waals surface area contributed by atoms with E-state index in [-0.39, 0.29) is 11.5 Å². The summed E-state index contributed by atoms with van der Waals surface area (Å²) >= 11 is 16.9. The zero-order chi connectivity index (χ0) is 28.3. The fraction of sp³-hybridized carbons (Fsp3) is 0.407. The second-order valence-corrected chi connectivity index (χ2v) is 11.1. The number of hydrazone groups is 2. The van der Waals surface area contributed by atoms with Crippen molar-refractivity contribution < 1.29 is 4.74 Å². The van der Waals surface area contributed by atoms with Gasteiger partial charge in [-0.05, 0) is 69.7 Å². The van der Waals surface area contributed by atoms with Crippen molar-refractivity contribution in [2.24, 2.45) is 21.9 Å². The van der Waals surface area contributed by atoms with Crippen molar-refractivity contribution in [3.8, 4) is 0 Å². The number of nitrogens with one attached hydrogen (secondary N) is 4. The summed E-state index contributed by atoms with van der Waals surface area (Å²) in [6.07, 6.45) is 0.687. The molecule has 1 unspecified atom stereocenters. The smallest absolute Gasteiger partial charge is 0.187 e. The topological polar surface area (TPSA) is 108 Å². The first kappa shape index (κ1) is 31.6. The Kier molecular flexibility index (Phi) is 12.1. The van der Waals surface area contributed by atoms with Crippen LogP contribution in [0.15, 0.2) is 64.8 Å². The first-order chi connectivity index (χ1) is 17.8. The van der Waals surface area contributed by atoms with Crippen LogP contribution in [0.4, 0.5) is 0 Å². The van der Waals surface area contributed by atoms with Gasteiger partial charge in [-0.1, -0.05) is 67.9 Å². The van der Waals surface area contributed by atoms with Crippen molar-refractivity contribution in [3.63, 3.8) is 0 Å². The van der Waals surface area contributed by atoms with Gasteiger partial charge in [0.25, 0.3) is 0 Å². The lowest BCUT2D eigenvalue weighted by atomic mass is 10.00. The van der Waals surface area contributed by atoms with E-state index >= 15 is 0 Å². The molecule has 0 heterocycles. The van der Waals surface area contributed by atoms with E-state index in [1.807, 2.05) is 77.1 Å². The van der Waals surface area contributed by atoms with Crippen LogP contribution in [0.3, 0.4) is 0 Å². The molecule has 0 spiro atoms. The molecule has 0 radical (unpaired) electrons. The molecule has 0 aliphatic carbocycles. The van der Waals surface area contributed by atoms with E-state index in [1.165, 1.54) is 0 Å². The highest BCUT2D eigenvalue weighted by molar-refractivity contribution is 7.80. The Morgan fingerprint density at radius 3 is 1.97 bits per heavy atom. The van der Waals surface area contributed by atoms with Crippen LogP contribution in [0.2, 0.25) is 5.02 Å². The molecule has 0 aromatic heterocycles. The molecule has 0 saturated heterocycles. The Morgan fingerprint density at radius 1 is 0.921 bits per heavy atom. The monoisotopic (exact) mass is 575 g/mol. The SMILES string of the molecule is CNC(=S)N/N=C(/C(=N/NC(=S)NC(C)(C)CCOC(C)(N)C(C)C)c1ccccc1)c1ccc(Cl)cc1. The summed E-state index contributed by atoms with van der Waals surface area (Å²) in [7, 11) is 1.72. The van der Waals surface area contributed by atoms with Gasteiger partial charge in [-0.15, -0.1) is 0 Å². The van der Waals surface area contributed by atoms with E-state index in [2.05, 4.69) is 31.7 Å². The van der Waals surface area contributed by atoms with E-state index in [9.17, 15) is 0 Å². The Morgan fingerprint density at radius 2 is 1.45 bits per heavy atom. The van der Waals surface area contributed by atoms with E-state index in [0.717, 1.165) is 11.1 Å². The standard InChI is InChI=1S/C27H38ClN7OS2/c1-18(2)27(5,29)36-17-16-26(3,4)31-25(38)35-33-22(19-10-8-7-9-11-19)23(32-34-24(37)30-6)20-12-14-21(28)15-13-20/h7-15,18H,16-17,29H2,1-6H3,(H2,30,34,37)(H2,31,35,38)/b32-23+,33-22+. The molecule has 38 heavy (non-hydrogen) atoms. The van der Waals surface area contributed by atoms with Gasteiger partial charge in [0.05, 0.1) is 6.61 Å². The van der Waals surface area contributed by atoms with Crippen LogP contribution in [-0.4, -0.2) is 46.6 Å². The lowest BCUT2D eigenvalue weighted by Crippen LogP contribution is -2.49. The van der Waals surface area contributed by atoms with Gasteiger partial charge < -0.3 is 21.1 Å². The number of nitrogens with two attached hydrogens (primary N) is 1. The molecule has 0 aliphatic rings. The third kappa shape index (κ3) is 10.3. The Labute approximate surface area is 241 Å². The van der Waals surface area contributed by atoms with E-state index in [4.69, 9.17) is 46.5 Å². The van der Waals surface area contributed by atoms with Crippen molar-refractivity contribution in [3.05, 3.63) is 70.7 Å². The molecule has 2 aromatic carbocycles. The first-order valence-electron chi connectivity index (χ1n) is 12.3. The van der Waals surface area contributed by atoms with E-state index < -0.39 is 5.72 Å². The van der Waals surface area contributed by atoms with Gasteiger partial charge in [-0.3, -0.25) is 10.9 Å². The number of halogens is 1. The maximum Gasteiger partial charge on any atom is 0.187 e. The van der Waals surface area contributed by atoms with Gasteiger partial charge in [0.1, 0.15) is 17.1 Å². The number of hydrogen-bond donors (Lipinski definition) is 5. The predicted octanol–water partition coefficient (Wildman–Crippen LogP) is 4.52. The summed E-state index contributed by atoms with van der Waals surface area (Å²) < 4.78 is 5.91. The summed E-state index contributed by atoms with van der Waals surface area (Å²) in [5, 5.41) is 16.7. The molecule has 0 amide bonds. The van der Waals surface area contributed by atoms with Crippen LogP contribution < -0.4 is 27.2 Å². The van der Waals surface area contributed by atoms with Gasteiger partial charge >= 0.3 is 0 Å². The maximum atomic E-state index is 6.23. The van der Waals surface area contributed by atoms with E-state index in [0.29, 0.717) is 39.7 Å². The highest BCUT2D eigenvalue weighted by Crippen LogP contribution is 2.17. The molecule has 6 N–H and O–H groups in total. The summed E-state index contributed by atoms with van der Waals surface area (Å²) in [5.41, 5.74) is 13.7. The minimum absolute atomic E-state index is 0.195. The number of nitrogens with zero attached hydrogens (tertiary/aromatic N) is 2. The molecule has 8 nitrogen and oxygen atoms in total. The Hall–Kier alpha value is -2.63. The molecule has 0 aliphatic heterocycles. The summed E-state index contributed by atoms with van der Waals surface area (Å²) in [6.45, 7) is 10.5. The van der Waals surface area contributed by atoms with Crippen LogP contribution >= 0.6 is 36.0 Å². The minimum Gasteiger partial charge on any atom is -0.364 e. The van der Waals surface area contributed by atoms with E-state index in [1.54, 1.807) is 19.2 Å². The highest BCUT2D eigenvalue weighted by Gasteiger charge is 2.26. The molecule has 206 valence electrons. The van der Waals surface area contributed by atoms with Crippen LogP contribution in [0.5, 0.6) is 0 Å². The summed E-state index contributed by atoms with van der Waals surface area (Å²) in [5.74, 6) is 0.195. The zero-order valence-electron chi connectivity index (χ0n) is 22.8. The van der Waals surface area contributed by atoms with Gasteiger partial charge in [0.15, 0.2) is 10.2 Å². The number of rotatable bonds is 11. The van der Waals surface area contributed by atoms with Gasteiger partial charge in [0, 0.05) is 28.7 Å².